The van der Waals surface area contributed by atoms with E-state index in [1.165, 1.54) is 31.0 Å². The highest BCUT2D eigenvalue weighted by molar-refractivity contribution is 7.81. The first-order chi connectivity index (χ1) is 14.8. The lowest BCUT2D eigenvalue weighted by molar-refractivity contribution is -0.202. The number of halogens is 3. The minimum absolute atomic E-state index is 0.111. The van der Waals surface area contributed by atoms with Crippen molar-refractivity contribution >= 4 is 42.1 Å². The van der Waals surface area contributed by atoms with Crippen LogP contribution in [0.25, 0.3) is 0 Å². The number of fused-ring (bicyclic) bond motifs is 1. The van der Waals surface area contributed by atoms with E-state index in [-0.39, 0.29) is 17.4 Å². The second-order valence-corrected chi connectivity index (χ2v) is 7.57. The maximum absolute atomic E-state index is 13.1. The zero-order valence-corrected chi connectivity index (χ0v) is 18.0. The molecule has 0 spiro atoms. The number of hydrogen-bond donors (Lipinski definition) is 2. The number of likely N-dealkylation sites (N-methyl/N-ethyl adjacent to an activating group) is 1. The van der Waals surface area contributed by atoms with Gasteiger partial charge in [0.15, 0.2) is 0 Å². The number of ether oxygens (including phenoxy) is 1. The predicted molar refractivity (Wildman–Crippen MR) is 111 cm³/mol. The highest BCUT2D eigenvalue weighted by atomic mass is 32.1. The molecule has 0 aliphatic carbocycles. The topological polar surface area (TPSA) is 110 Å². The molecule has 1 aliphatic rings. The largest absolute Gasteiger partial charge is 0.491 e. The Morgan fingerprint density at radius 2 is 1.97 bits per heavy atom. The zero-order valence-electron chi connectivity index (χ0n) is 17.1. The SMILES string of the molecule is CC(CC(=O)OC(=O)C(F)(F)F)N1CC(=O)N(C)c2ccc(C#CC(S)CN)cc2C1=O. The van der Waals surface area contributed by atoms with Crippen LogP contribution in [0.2, 0.25) is 0 Å². The fourth-order valence-electron chi connectivity index (χ4n) is 2.83. The highest BCUT2D eigenvalue weighted by Gasteiger charge is 2.43. The van der Waals surface area contributed by atoms with Crippen LogP contribution in [0, 0.1) is 11.8 Å². The van der Waals surface area contributed by atoms with Gasteiger partial charge in [0.2, 0.25) is 5.91 Å². The summed E-state index contributed by atoms with van der Waals surface area (Å²) in [4.78, 5) is 50.6. The van der Waals surface area contributed by atoms with Crippen molar-refractivity contribution in [1.82, 2.24) is 4.90 Å². The molecular formula is C20H20F3N3O5S. The van der Waals surface area contributed by atoms with E-state index in [0.29, 0.717) is 11.3 Å². The van der Waals surface area contributed by atoms with Crippen molar-refractivity contribution in [3.05, 3.63) is 29.3 Å². The summed E-state index contributed by atoms with van der Waals surface area (Å²) in [6.45, 7) is 1.14. The Morgan fingerprint density at radius 1 is 1.31 bits per heavy atom. The van der Waals surface area contributed by atoms with Crippen molar-refractivity contribution in [2.24, 2.45) is 5.73 Å². The van der Waals surface area contributed by atoms with Gasteiger partial charge in [-0.1, -0.05) is 11.8 Å². The minimum atomic E-state index is -5.33. The number of hydrogen-bond acceptors (Lipinski definition) is 7. The van der Waals surface area contributed by atoms with Crippen LogP contribution in [-0.2, 0) is 19.1 Å². The Kier molecular flexibility index (Phi) is 7.92. The summed E-state index contributed by atoms with van der Waals surface area (Å²) in [5.41, 5.74) is 6.33. The Bertz CT molecular complexity index is 1000. The van der Waals surface area contributed by atoms with Gasteiger partial charge in [0.25, 0.3) is 5.91 Å². The molecule has 1 heterocycles. The molecule has 1 aliphatic heterocycles. The van der Waals surface area contributed by atoms with Crippen LogP contribution in [-0.4, -0.2) is 66.3 Å². The number of esters is 2. The molecule has 32 heavy (non-hydrogen) atoms. The van der Waals surface area contributed by atoms with E-state index < -0.39 is 48.9 Å². The maximum atomic E-state index is 13.1. The van der Waals surface area contributed by atoms with Gasteiger partial charge in [0.05, 0.1) is 22.9 Å². The van der Waals surface area contributed by atoms with Crippen LogP contribution in [0.4, 0.5) is 18.9 Å². The molecule has 0 saturated heterocycles. The summed E-state index contributed by atoms with van der Waals surface area (Å²) in [6.07, 6.45) is -6.06. The monoisotopic (exact) mass is 471 g/mol. The van der Waals surface area contributed by atoms with Crippen molar-refractivity contribution in [2.45, 2.75) is 30.8 Å². The number of rotatable bonds is 4. The maximum Gasteiger partial charge on any atom is 0.491 e. The van der Waals surface area contributed by atoms with Gasteiger partial charge >= 0.3 is 18.1 Å². The third-order valence-electron chi connectivity index (χ3n) is 4.57. The summed E-state index contributed by atoms with van der Waals surface area (Å²) in [6, 6.07) is 3.57. The van der Waals surface area contributed by atoms with Gasteiger partial charge in [-0.3, -0.25) is 14.4 Å². The van der Waals surface area contributed by atoms with E-state index >= 15 is 0 Å². The van der Waals surface area contributed by atoms with Crippen LogP contribution in [0.1, 0.15) is 29.3 Å². The molecule has 0 fully saturated rings. The molecule has 2 amide bonds. The van der Waals surface area contributed by atoms with Crippen LogP contribution in [0.5, 0.6) is 0 Å². The van der Waals surface area contributed by atoms with Gasteiger partial charge in [-0.2, -0.15) is 25.8 Å². The molecule has 12 heteroatoms. The van der Waals surface area contributed by atoms with E-state index in [0.717, 1.165) is 4.90 Å². The van der Waals surface area contributed by atoms with Crippen LogP contribution >= 0.6 is 12.6 Å². The molecular weight excluding hydrogens is 451 g/mol. The van der Waals surface area contributed by atoms with Crippen molar-refractivity contribution in [2.75, 3.05) is 25.0 Å². The average Bonchev–Trinajstić information content (AvgIpc) is 2.81. The van der Waals surface area contributed by atoms with Gasteiger partial charge in [0, 0.05) is 25.2 Å². The molecule has 0 aromatic heterocycles. The summed E-state index contributed by atoms with van der Waals surface area (Å²) < 4.78 is 40.6. The zero-order chi connectivity index (χ0) is 24.2. The molecule has 2 unspecified atom stereocenters. The third kappa shape index (κ3) is 6.02. The number of anilines is 1. The number of amides is 2. The summed E-state index contributed by atoms with van der Waals surface area (Å²) in [7, 11) is 1.46. The first-order valence-electron chi connectivity index (χ1n) is 9.28. The average molecular weight is 471 g/mol. The molecule has 0 radical (unpaired) electrons. The molecule has 1 aromatic carbocycles. The van der Waals surface area contributed by atoms with Crippen LogP contribution in [0.3, 0.4) is 0 Å². The number of benzene rings is 1. The fraction of sp³-hybridized carbons (Fsp3) is 0.400. The highest BCUT2D eigenvalue weighted by Crippen LogP contribution is 2.27. The van der Waals surface area contributed by atoms with Gasteiger partial charge < -0.3 is 20.3 Å². The summed E-state index contributed by atoms with van der Waals surface area (Å²) in [5.74, 6) is 0.377. The van der Waals surface area contributed by atoms with Crippen molar-refractivity contribution in [3.8, 4) is 11.8 Å². The Hall–Kier alpha value is -3.04. The molecule has 2 rings (SSSR count). The van der Waals surface area contributed by atoms with Crippen molar-refractivity contribution in [1.29, 1.82) is 0 Å². The molecule has 0 saturated carbocycles. The number of nitrogens with zero attached hydrogens (tertiary/aromatic N) is 2. The lowest BCUT2D eigenvalue weighted by Crippen LogP contribution is -2.44. The van der Waals surface area contributed by atoms with Crippen LogP contribution in [0.15, 0.2) is 18.2 Å². The smallest absolute Gasteiger partial charge is 0.386 e. The predicted octanol–water partition coefficient (Wildman–Crippen LogP) is 1.12. The standard InChI is InChI=1S/C20H20F3N3O5S/c1-11(7-17(28)31-19(30)20(21,22)23)26-10-16(27)25(2)15-6-4-12(3-5-13(32)9-24)8-14(15)18(26)29/h4,6,8,11,13,32H,7,9-10,24H2,1-2H3. The van der Waals surface area contributed by atoms with E-state index in [2.05, 4.69) is 29.2 Å². The van der Waals surface area contributed by atoms with E-state index in [1.54, 1.807) is 6.07 Å². The molecule has 2 atom stereocenters. The second-order valence-electron chi connectivity index (χ2n) is 6.95. The lowest BCUT2D eigenvalue weighted by Gasteiger charge is -2.26. The summed E-state index contributed by atoms with van der Waals surface area (Å²) in [5, 5.41) is -0.379. The van der Waals surface area contributed by atoms with E-state index in [1.807, 2.05) is 0 Å². The lowest BCUT2D eigenvalue weighted by atomic mass is 10.1. The third-order valence-corrected chi connectivity index (χ3v) is 4.91. The first kappa shape index (κ1) is 25.2. The number of carbonyl (C=O) groups excluding carboxylic acids is 4. The van der Waals surface area contributed by atoms with E-state index in [4.69, 9.17) is 5.73 Å². The number of carbonyl (C=O) groups is 4. The first-order valence-corrected chi connectivity index (χ1v) is 9.79. The fourth-order valence-corrected chi connectivity index (χ4v) is 2.89. The normalized spacial score (nSPS) is 15.8. The molecule has 8 nitrogen and oxygen atoms in total. The minimum Gasteiger partial charge on any atom is -0.386 e. The molecule has 1 aromatic rings. The molecule has 0 bridgehead atoms. The van der Waals surface area contributed by atoms with Gasteiger partial charge in [-0.25, -0.2) is 4.79 Å². The van der Waals surface area contributed by atoms with Gasteiger partial charge in [-0.15, -0.1) is 0 Å². The van der Waals surface area contributed by atoms with Crippen molar-refractivity contribution in [3.63, 3.8) is 0 Å². The van der Waals surface area contributed by atoms with Gasteiger partial charge in [-0.05, 0) is 25.1 Å². The quantitative estimate of drug-likeness (QED) is 0.295. The molecule has 2 N–H and O–H groups in total. The summed E-state index contributed by atoms with van der Waals surface area (Å²) >= 11 is 4.17. The Morgan fingerprint density at radius 3 is 2.56 bits per heavy atom. The number of alkyl halides is 3. The van der Waals surface area contributed by atoms with Crippen LogP contribution < -0.4 is 10.6 Å². The molecule has 172 valence electrons. The van der Waals surface area contributed by atoms with Crippen molar-refractivity contribution < 1.29 is 37.1 Å². The number of thiol groups is 1. The Balaban J connectivity index is 2.30. The second kappa shape index (κ2) is 10.1. The Labute approximate surface area is 187 Å². The number of nitrogens with two attached hydrogens (primary N) is 1. The van der Waals surface area contributed by atoms with E-state index in [9.17, 15) is 32.3 Å². The van der Waals surface area contributed by atoms with Gasteiger partial charge in [0.1, 0.15) is 6.54 Å².